The van der Waals surface area contributed by atoms with E-state index in [1.165, 1.54) is 6.33 Å². The fourth-order valence-electron chi connectivity index (χ4n) is 1.07. The third kappa shape index (κ3) is 3.85. The quantitative estimate of drug-likeness (QED) is 0.725. The van der Waals surface area contributed by atoms with Gasteiger partial charge in [-0.1, -0.05) is 46.9 Å². The number of rotatable bonds is 4. The van der Waals surface area contributed by atoms with Gasteiger partial charge in [0, 0.05) is 0 Å². The van der Waals surface area contributed by atoms with Gasteiger partial charge in [-0.05, 0) is 17.6 Å². The van der Waals surface area contributed by atoms with E-state index < -0.39 is 0 Å². The minimum Gasteiger partial charge on any atom is -0.223 e. The van der Waals surface area contributed by atoms with Crippen molar-refractivity contribution in [1.82, 2.24) is 14.8 Å². The molecule has 0 atom stereocenters. The highest BCUT2D eigenvalue weighted by atomic mass is 15.3. The van der Waals surface area contributed by atoms with E-state index in [4.69, 9.17) is 0 Å². The van der Waals surface area contributed by atoms with Gasteiger partial charge in [-0.15, -0.1) is 0 Å². The van der Waals surface area contributed by atoms with Crippen LogP contribution in [0.3, 0.4) is 0 Å². The molecule has 3 nitrogen and oxygen atoms in total. The highest BCUT2D eigenvalue weighted by Crippen LogP contribution is 2.20. The second-order valence-corrected chi connectivity index (χ2v) is 3.31. The molecule has 0 aliphatic rings. The molecule has 0 aliphatic heterocycles. The molecule has 3 heteroatoms. The Morgan fingerprint density at radius 2 is 2.00 bits per heavy atom. The lowest BCUT2D eigenvalue weighted by Crippen LogP contribution is -2.04. The number of nitrogens with zero attached hydrogens (tertiary/aromatic N) is 3. The van der Waals surface area contributed by atoms with Crippen molar-refractivity contribution < 1.29 is 0 Å². The fraction of sp³-hybridized carbons (Fsp3) is 0.385. The summed E-state index contributed by atoms with van der Waals surface area (Å²) in [5.74, 6) is 0.380. The predicted octanol–water partition coefficient (Wildman–Crippen LogP) is 3.54. The van der Waals surface area contributed by atoms with Gasteiger partial charge < -0.3 is 0 Å². The van der Waals surface area contributed by atoms with Crippen molar-refractivity contribution in [3.8, 4) is 0 Å². The van der Waals surface area contributed by atoms with Crippen LogP contribution in [0.5, 0.6) is 0 Å². The van der Waals surface area contributed by atoms with E-state index in [9.17, 15) is 0 Å². The number of allylic oxidation sites excluding steroid dienone is 4. The molecule has 0 N–H and O–H groups in total. The maximum absolute atomic E-state index is 4.07. The largest absolute Gasteiger partial charge is 0.223 e. The van der Waals surface area contributed by atoms with E-state index in [1.54, 1.807) is 17.1 Å². The van der Waals surface area contributed by atoms with E-state index in [2.05, 4.69) is 37.1 Å². The molecule has 0 aliphatic carbocycles. The van der Waals surface area contributed by atoms with Gasteiger partial charge in [0.05, 0.1) is 5.70 Å². The summed E-state index contributed by atoms with van der Waals surface area (Å²) in [4.78, 5) is 3.90. The molecule has 16 heavy (non-hydrogen) atoms. The Kier molecular flexibility index (Phi) is 6.84. The highest BCUT2D eigenvalue weighted by molar-refractivity contribution is 5.64. The fourth-order valence-corrected chi connectivity index (χ4v) is 1.07. The molecule has 0 bridgehead atoms. The Labute approximate surface area is 98.2 Å². The highest BCUT2D eigenvalue weighted by Gasteiger charge is 2.08. The molecule has 0 saturated carbocycles. The summed E-state index contributed by atoms with van der Waals surface area (Å²) in [6.45, 7) is 15.9. The topological polar surface area (TPSA) is 30.7 Å². The number of aromatic nitrogens is 3. The standard InChI is InChI=1S/C11H15N3.C2H6/c1-5-6-11(10(4)9(2)3)14-8-12-7-13-14;1-2/h5-9H,1,4H2,2-3H3;1-2H3/b11-6+;. The van der Waals surface area contributed by atoms with Gasteiger partial charge in [0.1, 0.15) is 12.7 Å². The van der Waals surface area contributed by atoms with Crippen molar-refractivity contribution in [1.29, 1.82) is 0 Å². The van der Waals surface area contributed by atoms with E-state index in [0.29, 0.717) is 5.92 Å². The average molecular weight is 219 g/mol. The molecule has 88 valence electrons. The second kappa shape index (κ2) is 7.63. The lowest BCUT2D eigenvalue weighted by Gasteiger charge is -2.12. The van der Waals surface area contributed by atoms with E-state index in [-0.39, 0.29) is 0 Å². The average Bonchev–Trinajstić information content (AvgIpc) is 2.81. The monoisotopic (exact) mass is 219 g/mol. The van der Waals surface area contributed by atoms with E-state index >= 15 is 0 Å². The normalized spacial score (nSPS) is 10.7. The van der Waals surface area contributed by atoms with Crippen molar-refractivity contribution in [2.24, 2.45) is 5.92 Å². The summed E-state index contributed by atoms with van der Waals surface area (Å²) >= 11 is 0. The molecule has 0 aromatic carbocycles. The molecule has 0 spiro atoms. The zero-order chi connectivity index (χ0) is 12.6. The SMILES string of the molecule is C=C/C=C(\C(=C)C(C)C)n1cncn1.CC. The Morgan fingerprint density at radius 1 is 1.38 bits per heavy atom. The van der Waals surface area contributed by atoms with Crippen LogP contribution in [-0.2, 0) is 0 Å². The minimum atomic E-state index is 0.380. The first kappa shape index (κ1) is 14.4. The van der Waals surface area contributed by atoms with E-state index in [0.717, 1.165) is 11.3 Å². The maximum Gasteiger partial charge on any atom is 0.138 e. The van der Waals surface area contributed by atoms with Gasteiger partial charge in [-0.25, -0.2) is 9.67 Å². The zero-order valence-corrected chi connectivity index (χ0v) is 10.6. The summed E-state index contributed by atoms with van der Waals surface area (Å²) in [7, 11) is 0. The molecule has 1 rings (SSSR count). The molecule has 1 aromatic heterocycles. The van der Waals surface area contributed by atoms with Crippen LogP contribution in [0, 0.1) is 5.92 Å². The van der Waals surface area contributed by atoms with E-state index in [1.807, 2.05) is 19.9 Å². The van der Waals surface area contributed by atoms with Crippen molar-refractivity contribution in [3.05, 3.63) is 43.5 Å². The van der Waals surface area contributed by atoms with Crippen molar-refractivity contribution in [3.63, 3.8) is 0 Å². The van der Waals surface area contributed by atoms with Crippen LogP contribution in [0.4, 0.5) is 0 Å². The van der Waals surface area contributed by atoms with Crippen LogP contribution in [0.2, 0.25) is 0 Å². The number of hydrogen-bond acceptors (Lipinski definition) is 2. The summed E-state index contributed by atoms with van der Waals surface area (Å²) < 4.78 is 1.70. The first-order valence-corrected chi connectivity index (χ1v) is 5.53. The molecule has 0 saturated heterocycles. The van der Waals surface area contributed by atoms with Crippen LogP contribution < -0.4 is 0 Å². The maximum atomic E-state index is 4.07. The molecule has 1 heterocycles. The molecular weight excluding hydrogens is 198 g/mol. The van der Waals surface area contributed by atoms with Crippen molar-refractivity contribution in [2.75, 3.05) is 0 Å². The molecule has 0 radical (unpaired) electrons. The minimum absolute atomic E-state index is 0.380. The van der Waals surface area contributed by atoms with Crippen LogP contribution in [0.25, 0.3) is 5.70 Å². The van der Waals surface area contributed by atoms with Gasteiger partial charge >= 0.3 is 0 Å². The molecular formula is C13H21N3. The molecule has 0 unspecified atom stereocenters. The summed E-state index contributed by atoms with van der Waals surface area (Å²) in [6.07, 6.45) is 6.77. The van der Waals surface area contributed by atoms with Gasteiger partial charge in [-0.2, -0.15) is 5.10 Å². The zero-order valence-electron chi connectivity index (χ0n) is 10.6. The first-order valence-electron chi connectivity index (χ1n) is 5.53. The lowest BCUT2D eigenvalue weighted by molar-refractivity contribution is 0.770. The third-order valence-electron chi connectivity index (χ3n) is 1.97. The third-order valence-corrected chi connectivity index (χ3v) is 1.97. The Morgan fingerprint density at radius 3 is 2.38 bits per heavy atom. The summed E-state index contributed by atoms with van der Waals surface area (Å²) in [6, 6.07) is 0. The van der Waals surface area contributed by atoms with Crippen LogP contribution >= 0.6 is 0 Å². The molecule has 0 amide bonds. The van der Waals surface area contributed by atoms with Crippen molar-refractivity contribution >= 4 is 5.70 Å². The Hall–Kier alpha value is -1.64. The second-order valence-electron chi connectivity index (χ2n) is 3.31. The van der Waals surface area contributed by atoms with Crippen molar-refractivity contribution in [2.45, 2.75) is 27.7 Å². The van der Waals surface area contributed by atoms with Gasteiger partial charge in [0.2, 0.25) is 0 Å². The summed E-state index contributed by atoms with van der Waals surface area (Å²) in [5.41, 5.74) is 1.96. The van der Waals surface area contributed by atoms with Crippen LogP contribution in [0.1, 0.15) is 27.7 Å². The van der Waals surface area contributed by atoms with Crippen LogP contribution in [-0.4, -0.2) is 14.8 Å². The first-order chi connectivity index (χ1) is 7.66. The molecule has 0 fully saturated rings. The van der Waals surface area contributed by atoms with Crippen LogP contribution in [0.15, 0.2) is 43.5 Å². The number of hydrogen-bond donors (Lipinski definition) is 0. The van der Waals surface area contributed by atoms with Gasteiger partial charge in [0.25, 0.3) is 0 Å². The molecule has 1 aromatic rings. The summed E-state index contributed by atoms with van der Waals surface area (Å²) in [5, 5.41) is 4.07. The van der Waals surface area contributed by atoms with Gasteiger partial charge in [-0.3, -0.25) is 0 Å². The smallest absolute Gasteiger partial charge is 0.138 e. The predicted molar refractivity (Wildman–Crippen MR) is 69.8 cm³/mol. The Balaban J connectivity index is 0.00000106. The van der Waals surface area contributed by atoms with Gasteiger partial charge in [0.15, 0.2) is 0 Å². The Bertz CT molecular complexity index is 345. The lowest BCUT2D eigenvalue weighted by atomic mass is 10.0.